The molecule has 0 aromatic carbocycles. The van der Waals surface area contributed by atoms with E-state index < -0.39 is 10.0 Å². The van der Waals surface area contributed by atoms with Crippen molar-refractivity contribution < 1.29 is 8.42 Å². The van der Waals surface area contributed by atoms with Gasteiger partial charge in [0.25, 0.3) is 0 Å². The Morgan fingerprint density at radius 1 is 1.43 bits per heavy atom. The van der Waals surface area contributed by atoms with E-state index in [0.717, 1.165) is 6.42 Å². The summed E-state index contributed by atoms with van der Waals surface area (Å²) >= 11 is 1.65. The predicted octanol–water partition coefficient (Wildman–Crippen LogP) is 0.396. The van der Waals surface area contributed by atoms with Crippen molar-refractivity contribution >= 4 is 21.8 Å². The van der Waals surface area contributed by atoms with Crippen molar-refractivity contribution in [3.63, 3.8) is 0 Å². The van der Waals surface area contributed by atoms with E-state index in [1.165, 1.54) is 0 Å². The van der Waals surface area contributed by atoms with Crippen LogP contribution in [-0.2, 0) is 10.0 Å². The van der Waals surface area contributed by atoms with Gasteiger partial charge in [0, 0.05) is 11.8 Å². The average Bonchev–Trinajstić information content (AvgIpc) is 2.14. The average molecular weight is 240 g/mol. The van der Waals surface area contributed by atoms with Gasteiger partial charge in [0.15, 0.2) is 0 Å². The molecule has 0 radical (unpaired) electrons. The Morgan fingerprint density at radius 2 is 2.07 bits per heavy atom. The highest BCUT2D eigenvalue weighted by molar-refractivity contribution is 7.99. The zero-order valence-electron chi connectivity index (χ0n) is 8.82. The summed E-state index contributed by atoms with van der Waals surface area (Å²) in [5.74, 6) is 0.186. The second kappa shape index (κ2) is 7.50. The van der Waals surface area contributed by atoms with E-state index in [0.29, 0.717) is 24.8 Å². The van der Waals surface area contributed by atoms with Gasteiger partial charge in [-0.25, -0.2) is 13.1 Å². The van der Waals surface area contributed by atoms with Crippen LogP contribution in [0.2, 0.25) is 0 Å². The Balaban J connectivity index is 3.73. The summed E-state index contributed by atoms with van der Waals surface area (Å²) in [7, 11) is -3.08. The molecule has 0 aliphatic rings. The molecule has 1 atom stereocenters. The van der Waals surface area contributed by atoms with Gasteiger partial charge in [0.05, 0.1) is 5.75 Å². The fourth-order valence-corrected chi connectivity index (χ4v) is 2.42. The van der Waals surface area contributed by atoms with Gasteiger partial charge in [-0.2, -0.15) is 11.8 Å². The molecule has 3 N–H and O–H groups in total. The van der Waals surface area contributed by atoms with Crippen molar-refractivity contribution in [2.75, 3.05) is 25.1 Å². The number of nitrogens with one attached hydrogen (secondary N) is 1. The minimum atomic E-state index is -3.08. The van der Waals surface area contributed by atoms with E-state index in [9.17, 15) is 8.42 Å². The summed E-state index contributed by atoms with van der Waals surface area (Å²) in [5.41, 5.74) is 5.28. The molecule has 0 aromatic heterocycles. The zero-order valence-corrected chi connectivity index (χ0v) is 10.5. The van der Waals surface area contributed by atoms with Crippen molar-refractivity contribution in [2.24, 2.45) is 5.73 Å². The van der Waals surface area contributed by atoms with E-state index in [1.807, 2.05) is 13.2 Å². The molecular weight excluding hydrogens is 220 g/mol. The number of thioether (sulfide) groups is 1. The summed E-state index contributed by atoms with van der Waals surface area (Å²) in [6.45, 7) is 3.05. The lowest BCUT2D eigenvalue weighted by molar-refractivity contribution is 0.577. The monoisotopic (exact) mass is 240 g/mol. The van der Waals surface area contributed by atoms with E-state index in [1.54, 1.807) is 11.8 Å². The Hall–Kier alpha value is 0.220. The molecule has 0 rings (SSSR count). The quantitative estimate of drug-likeness (QED) is 0.602. The van der Waals surface area contributed by atoms with Crippen LogP contribution in [0.1, 0.15) is 19.8 Å². The summed E-state index contributed by atoms with van der Waals surface area (Å²) < 4.78 is 25.3. The van der Waals surface area contributed by atoms with Crippen LogP contribution in [0.5, 0.6) is 0 Å². The third-order valence-corrected chi connectivity index (χ3v) is 4.26. The Bertz CT molecular complexity index is 229. The summed E-state index contributed by atoms with van der Waals surface area (Å²) in [4.78, 5) is 0. The maximum atomic E-state index is 11.4. The van der Waals surface area contributed by atoms with Crippen LogP contribution < -0.4 is 10.5 Å². The van der Waals surface area contributed by atoms with Crippen LogP contribution in [0.25, 0.3) is 0 Å². The van der Waals surface area contributed by atoms with Crippen molar-refractivity contribution in [2.45, 2.75) is 25.0 Å². The second-order valence-electron chi connectivity index (χ2n) is 3.21. The lowest BCUT2D eigenvalue weighted by atomic mass is 10.3. The first kappa shape index (κ1) is 14.2. The molecule has 6 heteroatoms. The molecule has 0 saturated heterocycles. The van der Waals surface area contributed by atoms with Crippen LogP contribution in [-0.4, -0.2) is 38.8 Å². The Labute approximate surface area is 91.1 Å². The zero-order chi connectivity index (χ0) is 11.0. The largest absolute Gasteiger partial charge is 0.330 e. The van der Waals surface area contributed by atoms with Crippen LogP contribution in [0.3, 0.4) is 0 Å². The molecular formula is C8H20N2O2S2. The number of unbranched alkanes of at least 4 members (excludes halogenated alkanes) is 1. The molecule has 14 heavy (non-hydrogen) atoms. The third-order valence-electron chi connectivity index (χ3n) is 1.86. The normalized spacial score (nSPS) is 14.2. The number of hydrogen-bond acceptors (Lipinski definition) is 4. The molecule has 0 heterocycles. The third kappa shape index (κ3) is 7.61. The van der Waals surface area contributed by atoms with Gasteiger partial charge in [-0.3, -0.25) is 0 Å². The van der Waals surface area contributed by atoms with Crippen molar-refractivity contribution in [1.29, 1.82) is 0 Å². The molecule has 0 fully saturated rings. The molecule has 0 saturated carbocycles. The van der Waals surface area contributed by atoms with E-state index in [4.69, 9.17) is 5.73 Å². The maximum absolute atomic E-state index is 11.4. The van der Waals surface area contributed by atoms with Crippen molar-refractivity contribution in [3.05, 3.63) is 0 Å². The van der Waals surface area contributed by atoms with Crippen molar-refractivity contribution in [1.82, 2.24) is 4.72 Å². The number of rotatable bonds is 8. The lowest BCUT2D eigenvalue weighted by Crippen LogP contribution is -2.31. The summed E-state index contributed by atoms with van der Waals surface area (Å²) in [6.07, 6.45) is 3.37. The topological polar surface area (TPSA) is 72.2 Å². The molecule has 0 spiro atoms. The highest BCUT2D eigenvalue weighted by Gasteiger charge is 2.10. The molecule has 1 unspecified atom stereocenters. The van der Waals surface area contributed by atoms with Gasteiger partial charge in [-0.15, -0.1) is 0 Å². The van der Waals surface area contributed by atoms with Gasteiger partial charge >= 0.3 is 0 Å². The molecule has 0 bridgehead atoms. The number of nitrogens with two attached hydrogens (primary N) is 1. The van der Waals surface area contributed by atoms with E-state index >= 15 is 0 Å². The van der Waals surface area contributed by atoms with Crippen LogP contribution in [0.4, 0.5) is 0 Å². The second-order valence-corrected chi connectivity index (χ2v) is 6.41. The van der Waals surface area contributed by atoms with Crippen molar-refractivity contribution in [3.8, 4) is 0 Å². The van der Waals surface area contributed by atoms with Crippen LogP contribution >= 0.6 is 11.8 Å². The fourth-order valence-electron chi connectivity index (χ4n) is 0.836. The van der Waals surface area contributed by atoms with Gasteiger partial charge in [-0.1, -0.05) is 6.92 Å². The molecule has 0 aliphatic carbocycles. The van der Waals surface area contributed by atoms with E-state index in [2.05, 4.69) is 4.72 Å². The lowest BCUT2D eigenvalue weighted by Gasteiger charge is -2.10. The van der Waals surface area contributed by atoms with Gasteiger partial charge in [-0.05, 0) is 25.6 Å². The maximum Gasteiger partial charge on any atom is 0.211 e. The highest BCUT2D eigenvalue weighted by atomic mass is 32.2. The number of hydrogen-bond donors (Lipinski definition) is 2. The van der Waals surface area contributed by atoms with Gasteiger partial charge in [0.1, 0.15) is 0 Å². The minimum Gasteiger partial charge on any atom is -0.330 e. The number of sulfonamides is 1. The molecule has 4 nitrogen and oxygen atoms in total. The fraction of sp³-hybridized carbons (Fsp3) is 1.00. The van der Waals surface area contributed by atoms with E-state index in [-0.39, 0.29) is 5.75 Å². The molecule has 0 aromatic rings. The Morgan fingerprint density at radius 3 is 2.57 bits per heavy atom. The Kier molecular flexibility index (Phi) is 7.62. The van der Waals surface area contributed by atoms with Gasteiger partial charge < -0.3 is 5.73 Å². The summed E-state index contributed by atoms with van der Waals surface area (Å²) in [5, 5.41) is 0.319. The SMILES string of the molecule is CSC(C)CNS(=O)(=O)CCCCN. The smallest absolute Gasteiger partial charge is 0.211 e. The first-order valence-electron chi connectivity index (χ1n) is 4.72. The predicted molar refractivity (Wildman–Crippen MR) is 63.1 cm³/mol. The standard InChI is InChI=1S/C8H20N2O2S2/c1-8(13-2)7-10-14(11,12)6-4-3-5-9/h8,10H,3-7,9H2,1-2H3. The van der Waals surface area contributed by atoms with Gasteiger partial charge in [0.2, 0.25) is 10.0 Å². The first-order chi connectivity index (χ1) is 6.52. The van der Waals surface area contributed by atoms with Crippen LogP contribution in [0.15, 0.2) is 0 Å². The highest BCUT2D eigenvalue weighted by Crippen LogP contribution is 2.03. The van der Waals surface area contributed by atoms with Crippen LogP contribution in [0, 0.1) is 0 Å². The first-order valence-corrected chi connectivity index (χ1v) is 7.66. The molecule has 0 aliphatic heterocycles. The minimum absolute atomic E-state index is 0.186. The summed E-state index contributed by atoms with van der Waals surface area (Å²) in [6, 6.07) is 0. The molecule has 0 amide bonds. The molecule has 86 valence electrons.